The molecule has 0 aliphatic heterocycles. The van der Waals surface area contributed by atoms with E-state index in [0.29, 0.717) is 10.6 Å². The van der Waals surface area contributed by atoms with Crippen LogP contribution in [0, 0.1) is 6.92 Å². The Labute approximate surface area is 256 Å². The molecule has 0 radical (unpaired) electrons. The van der Waals surface area contributed by atoms with E-state index in [9.17, 15) is 18.0 Å². The van der Waals surface area contributed by atoms with Gasteiger partial charge in [-0.05, 0) is 68.7 Å². The van der Waals surface area contributed by atoms with Gasteiger partial charge in [-0.15, -0.1) is 0 Å². The predicted octanol–water partition coefficient (Wildman–Crippen LogP) is 6.63. The highest BCUT2D eigenvalue weighted by atomic mass is 35.5. The summed E-state index contributed by atoms with van der Waals surface area (Å²) in [4.78, 5) is 28.7. The zero-order valence-corrected chi connectivity index (χ0v) is 25.9. The highest BCUT2D eigenvalue weighted by Gasteiger charge is 2.34. The van der Waals surface area contributed by atoms with E-state index in [1.165, 1.54) is 35.2 Å². The first-order chi connectivity index (χ1) is 19.5. The summed E-state index contributed by atoms with van der Waals surface area (Å²) in [6.45, 7) is 2.85. The molecule has 4 rings (SSSR count). The average molecular weight is 637 g/mol. The minimum Gasteiger partial charge on any atom is -0.352 e. The average Bonchev–Trinajstić information content (AvgIpc) is 3.45. The molecule has 1 aliphatic rings. The number of amides is 2. The Morgan fingerprint density at radius 3 is 2.27 bits per heavy atom. The lowest BCUT2D eigenvalue weighted by Gasteiger charge is -2.33. The first-order valence-electron chi connectivity index (χ1n) is 13.3. The number of halogens is 3. The summed E-state index contributed by atoms with van der Waals surface area (Å²) in [5.74, 6) is -0.920. The Bertz CT molecular complexity index is 1510. The molecule has 2 amide bonds. The molecular formula is C30H32Cl3N3O4S. The summed E-state index contributed by atoms with van der Waals surface area (Å²) >= 11 is 19.1. The van der Waals surface area contributed by atoms with Gasteiger partial charge in [0.05, 0.1) is 15.6 Å². The molecule has 1 saturated carbocycles. The number of hydrogen-bond acceptors (Lipinski definition) is 4. The first-order valence-corrected chi connectivity index (χ1v) is 15.9. The van der Waals surface area contributed by atoms with Gasteiger partial charge in [0, 0.05) is 22.6 Å². The molecule has 7 nitrogen and oxygen atoms in total. The van der Waals surface area contributed by atoms with Crippen LogP contribution in [0.2, 0.25) is 15.1 Å². The van der Waals surface area contributed by atoms with E-state index in [1.54, 1.807) is 43.3 Å². The second kappa shape index (κ2) is 13.5. The number of nitrogens with zero attached hydrogens (tertiary/aromatic N) is 2. The smallest absolute Gasteiger partial charge is 0.264 e. The van der Waals surface area contributed by atoms with Crippen molar-refractivity contribution in [3.63, 3.8) is 0 Å². The molecule has 0 aromatic heterocycles. The lowest BCUT2D eigenvalue weighted by Crippen LogP contribution is -2.52. The van der Waals surface area contributed by atoms with Crippen LogP contribution in [-0.2, 0) is 26.2 Å². The summed E-state index contributed by atoms with van der Waals surface area (Å²) in [5.41, 5.74) is 1.55. The molecule has 0 spiro atoms. The van der Waals surface area contributed by atoms with Crippen LogP contribution >= 0.6 is 34.8 Å². The van der Waals surface area contributed by atoms with Crippen LogP contribution in [0.4, 0.5) is 5.69 Å². The zero-order valence-electron chi connectivity index (χ0n) is 22.8. The van der Waals surface area contributed by atoms with Crippen molar-refractivity contribution in [2.24, 2.45) is 0 Å². The van der Waals surface area contributed by atoms with Crippen molar-refractivity contribution >= 4 is 62.3 Å². The van der Waals surface area contributed by atoms with Crippen molar-refractivity contribution < 1.29 is 18.0 Å². The predicted molar refractivity (Wildman–Crippen MR) is 164 cm³/mol. The topological polar surface area (TPSA) is 86.8 Å². The van der Waals surface area contributed by atoms with Gasteiger partial charge in [0.1, 0.15) is 12.6 Å². The molecule has 0 unspecified atom stereocenters. The van der Waals surface area contributed by atoms with Crippen molar-refractivity contribution in [2.75, 3.05) is 10.8 Å². The van der Waals surface area contributed by atoms with Crippen molar-refractivity contribution in [2.45, 2.75) is 63.1 Å². The molecular weight excluding hydrogens is 605 g/mol. The van der Waals surface area contributed by atoms with Gasteiger partial charge in [-0.3, -0.25) is 13.9 Å². The maximum Gasteiger partial charge on any atom is 0.264 e. The SMILES string of the molecule is Cc1ccc(S(=O)(=O)N(CC(=O)N(Cc2ccccc2Cl)[C@H](C)C(=O)NC2CCCC2)c2cc(Cl)ccc2Cl)cc1. The summed E-state index contributed by atoms with van der Waals surface area (Å²) in [6, 6.07) is 16.9. The minimum absolute atomic E-state index is 0.000538. The van der Waals surface area contributed by atoms with Gasteiger partial charge in [-0.25, -0.2) is 8.42 Å². The van der Waals surface area contributed by atoms with Crippen LogP contribution in [0.1, 0.15) is 43.7 Å². The Morgan fingerprint density at radius 2 is 1.61 bits per heavy atom. The van der Waals surface area contributed by atoms with Crippen LogP contribution in [-0.4, -0.2) is 43.8 Å². The number of carbonyl (C=O) groups excluding carboxylic acids is 2. The van der Waals surface area contributed by atoms with E-state index in [-0.39, 0.29) is 39.1 Å². The largest absolute Gasteiger partial charge is 0.352 e. The number of benzene rings is 3. The van der Waals surface area contributed by atoms with Crippen LogP contribution in [0.25, 0.3) is 0 Å². The molecule has 3 aromatic rings. The molecule has 0 bridgehead atoms. The Hall–Kier alpha value is -2.78. The van der Waals surface area contributed by atoms with Gasteiger partial charge >= 0.3 is 0 Å². The van der Waals surface area contributed by atoms with E-state index < -0.39 is 28.5 Å². The van der Waals surface area contributed by atoms with Crippen LogP contribution in [0.15, 0.2) is 71.6 Å². The highest BCUT2D eigenvalue weighted by Crippen LogP contribution is 2.33. The molecule has 0 heterocycles. The molecule has 218 valence electrons. The number of anilines is 1. The minimum atomic E-state index is -4.27. The molecule has 11 heteroatoms. The standard InChI is InChI=1S/C30H32Cl3N3O4S/c1-20-11-14-25(15-12-20)41(39,40)36(28-17-23(31)13-16-27(28)33)19-29(37)35(18-22-7-3-6-10-26(22)32)21(2)30(38)34-24-8-4-5-9-24/h3,6-7,10-17,21,24H,4-5,8-9,18-19H2,1-2H3,(H,34,38)/t21-/m1/s1. The third-order valence-corrected chi connectivity index (χ3v) is 9.93. The molecule has 1 N–H and O–H groups in total. The summed E-state index contributed by atoms with van der Waals surface area (Å²) in [5, 5.41) is 3.82. The monoisotopic (exact) mass is 635 g/mol. The Kier molecular flexibility index (Phi) is 10.2. The third-order valence-electron chi connectivity index (χ3n) is 7.23. The van der Waals surface area contributed by atoms with Crippen LogP contribution in [0.5, 0.6) is 0 Å². The van der Waals surface area contributed by atoms with Crippen molar-refractivity contribution in [3.8, 4) is 0 Å². The Morgan fingerprint density at radius 1 is 0.951 bits per heavy atom. The van der Waals surface area contributed by atoms with Crippen molar-refractivity contribution in [1.29, 1.82) is 0 Å². The second-order valence-electron chi connectivity index (χ2n) is 10.2. The zero-order chi connectivity index (χ0) is 29.7. The van der Waals surface area contributed by atoms with Gasteiger partial charge in [-0.2, -0.15) is 0 Å². The van der Waals surface area contributed by atoms with E-state index >= 15 is 0 Å². The van der Waals surface area contributed by atoms with E-state index in [1.807, 2.05) is 6.92 Å². The molecule has 41 heavy (non-hydrogen) atoms. The van der Waals surface area contributed by atoms with E-state index in [2.05, 4.69) is 5.32 Å². The fourth-order valence-corrected chi connectivity index (χ4v) is 6.87. The molecule has 0 saturated heterocycles. The van der Waals surface area contributed by atoms with E-state index in [4.69, 9.17) is 34.8 Å². The number of aryl methyl sites for hydroxylation is 1. The third kappa shape index (κ3) is 7.55. The first kappa shape index (κ1) is 31.2. The number of carbonyl (C=O) groups is 2. The molecule has 1 fully saturated rings. The fraction of sp³-hybridized carbons (Fsp3) is 0.333. The lowest BCUT2D eigenvalue weighted by atomic mass is 10.1. The summed E-state index contributed by atoms with van der Waals surface area (Å²) in [6.07, 6.45) is 3.83. The maximum absolute atomic E-state index is 14.1. The van der Waals surface area contributed by atoms with E-state index in [0.717, 1.165) is 35.6 Å². The molecule has 1 aliphatic carbocycles. The second-order valence-corrected chi connectivity index (χ2v) is 13.3. The van der Waals surface area contributed by atoms with Crippen LogP contribution in [0.3, 0.4) is 0 Å². The molecule has 3 aromatic carbocycles. The van der Waals surface area contributed by atoms with Crippen molar-refractivity contribution in [3.05, 3.63) is 92.9 Å². The maximum atomic E-state index is 14.1. The van der Waals surface area contributed by atoms with Gasteiger partial charge < -0.3 is 10.2 Å². The van der Waals surface area contributed by atoms with Crippen molar-refractivity contribution in [1.82, 2.24) is 10.2 Å². The summed E-state index contributed by atoms with van der Waals surface area (Å²) in [7, 11) is -4.27. The number of nitrogens with one attached hydrogen (secondary N) is 1. The van der Waals surface area contributed by atoms with Gasteiger partial charge in [-0.1, -0.05) is 83.5 Å². The lowest BCUT2D eigenvalue weighted by molar-refractivity contribution is -0.139. The molecule has 1 atom stereocenters. The normalized spacial score (nSPS) is 14.5. The van der Waals surface area contributed by atoms with Crippen LogP contribution < -0.4 is 9.62 Å². The number of rotatable bonds is 10. The fourth-order valence-electron chi connectivity index (χ4n) is 4.81. The number of sulfonamides is 1. The van der Waals surface area contributed by atoms with Gasteiger partial charge in [0.15, 0.2) is 0 Å². The number of hydrogen-bond donors (Lipinski definition) is 1. The quantitative estimate of drug-likeness (QED) is 0.271. The highest BCUT2D eigenvalue weighted by molar-refractivity contribution is 7.92. The Balaban J connectivity index is 1.73. The van der Waals surface area contributed by atoms with Gasteiger partial charge in [0.2, 0.25) is 11.8 Å². The van der Waals surface area contributed by atoms with Gasteiger partial charge in [0.25, 0.3) is 10.0 Å². The summed E-state index contributed by atoms with van der Waals surface area (Å²) < 4.78 is 28.9.